The molecule has 1 aliphatic carbocycles. The molecule has 3 aromatic rings. The van der Waals surface area contributed by atoms with Gasteiger partial charge >= 0.3 is 0 Å². The first kappa shape index (κ1) is 24.1. The second-order valence-electron chi connectivity index (χ2n) is 9.94. The van der Waals surface area contributed by atoms with Gasteiger partial charge in [0.25, 0.3) is 5.91 Å². The Balaban J connectivity index is 1.22. The van der Waals surface area contributed by atoms with Gasteiger partial charge in [0.05, 0.1) is 17.6 Å². The smallest absolute Gasteiger partial charge is 0.275 e. The molecular formula is C27H33N7O2. The van der Waals surface area contributed by atoms with Crippen LogP contribution >= 0.6 is 0 Å². The van der Waals surface area contributed by atoms with Crippen molar-refractivity contribution < 1.29 is 9.59 Å². The summed E-state index contributed by atoms with van der Waals surface area (Å²) in [6.45, 7) is 6.51. The number of para-hydroxylation sites is 1. The Labute approximate surface area is 211 Å². The minimum absolute atomic E-state index is 0.0912. The molecule has 3 heterocycles. The minimum Gasteiger partial charge on any atom is -0.335 e. The molecule has 1 saturated heterocycles. The number of piperazine rings is 1. The lowest BCUT2D eigenvalue weighted by atomic mass is 9.95. The van der Waals surface area contributed by atoms with E-state index in [1.54, 1.807) is 4.90 Å². The zero-order valence-electron chi connectivity index (χ0n) is 21.0. The second kappa shape index (κ2) is 10.2. The van der Waals surface area contributed by atoms with Gasteiger partial charge in [-0.25, -0.2) is 0 Å². The number of anilines is 1. The molecule has 36 heavy (non-hydrogen) atoms. The van der Waals surface area contributed by atoms with Crippen molar-refractivity contribution in [2.24, 2.45) is 0 Å². The summed E-state index contributed by atoms with van der Waals surface area (Å²) in [5, 5.41) is 20.9. The van der Waals surface area contributed by atoms with Gasteiger partial charge in [0.15, 0.2) is 5.69 Å². The SMILES string of the molecule is Cc1c(C#N)c(NC(=O)CN2CCN(C(=O)c3n[nH]c4ccccc34)CC2)n(C2CCCCC2)c1C. The third-order valence-corrected chi connectivity index (χ3v) is 7.77. The normalized spacial score (nSPS) is 17.3. The van der Waals surface area contributed by atoms with Crippen molar-refractivity contribution >= 4 is 28.5 Å². The first-order valence-corrected chi connectivity index (χ1v) is 12.8. The largest absolute Gasteiger partial charge is 0.335 e. The maximum atomic E-state index is 13.1. The predicted octanol–water partition coefficient (Wildman–Crippen LogP) is 3.75. The summed E-state index contributed by atoms with van der Waals surface area (Å²) in [5.74, 6) is 0.425. The molecule has 9 heteroatoms. The molecule has 2 aromatic heterocycles. The van der Waals surface area contributed by atoms with Crippen LogP contribution in [0.2, 0.25) is 0 Å². The van der Waals surface area contributed by atoms with E-state index in [4.69, 9.17) is 0 Å². The first-order chi connectivity index (χ1) is 17.5. The molecule has 188 valence electrons. The molecule has 2 N–H and O–H groups in total. The number of aromatic amines is 1. The number of aromatic nitrogens is 3. The third-order valence-electron chi connectivity index (χ3n) is 7.77. The molecule has 2 amide bonds. The zero-order valence-corrected chi connectivity index (χ0v) is 21.0. The number of nitriles is 1. The first-order valence-electron chi connectivity index (χ1n) is 12.8. The Bertz CT molecular complexity index is 1320. The van der Waals surface area contributed by atoms with Crippen LogP contribution in [-0.4, -0.2) is 69.1 Å². The van der Waals surface area contributed by atoms with Gasteiger partial charge in [-0.05, 0) is 38.3 Å². The average molecular weight is 488 g/mol. The molecule has 0 unspecified atom stereocenters. The van der Waals surface area contributed by atoms with E-state index >= 15 is 0 Å². The molecule has 1 saturated carbocycles. The fourth-order valence-corrected chi connectivity index (χ4v) is 5.64. The summed E-state index contributed by atoms with van der Waals surface area (Å²) >= 11 is 0. The van der Waals surface area contributed by atoms with E-state index in [9.17, 15) is 14.9 Å². The maximum absolute atomic E-state index is 13.1. The molecule has 0 spiro atoms. The predicted molar refractivity (Wildman–Crippen MR) is 138 cm³/mol. The Kier molecular flexibility index (Phi) is 6.79. The van der Waals surface area contributed by atoms with Crippen molar-refractivity contribution in [3.63, 3.8) is 0 Å². The molecule has 5 rings (SSSR count). The maximum Gasteiger partial charge on any atom is 0.275 e. The standard InChI is InChI=1S/C27H33N7O2/c1-18-19(2)34(20-8-4-3-5-9-20)26(22(18)16-28)29-24(35)17-32-12-14-33(15-13-32)27(36)25-21-10-6-7-11-23(21)30-31-25/h6-7,10-11,20H,3-5,8-9,12-15,17H2,1-2H3,(H,29,35)(H,30,31). The number of H-pyrrole nitrogens is 1. The lowest BCUT2D eigenvalue weighted by Crippen LogP contribution is -2.50. The van der Waals surface area contributed by atoms with E-state index in [-0.39, 0.29) is 18.4 Å². The summed E-state index contributed by atoms with van der Waals surface area (Å²) in [6, 6.07) is 10.2. The highest BCUT2D eigenvalue weighted by molar-refractivity contribution is 6.04. The van der Waals surface area contributed by atoms with Crippen LogP contribution in [0, 0.1) is 25.2 Å². The number of rotatable bonds is 5. The van der Waals surface area contributed by atoms with E-state index in [1.165, 1.54) is 19.3 Å². The number of carbonyl (C=O) groups excluding carboxylic acids is 2. The Morgan fingerprint density at radius 3 is 2.56 bits per heavy atom. The van der Waals surface area contributed by atoms with E-state index < -0.39 is 0 Å². The van der Waals surface area contributed by atoms with Crippen LogP contribution in [0.5, 0.6) is 0 Å². The van der Waals surface area contributed by atoms with Gasteiger partial charge in [0.2, 0.25) is 5.91 Å². The van der Waals surface area contributed by atoms with Crippen LogP contribution in [0.3, 0.4) is 0 Å². The number of hydrogen-bond acceptors (Lipinski definition) is 5. The van der Waals surface area contributed by atoms with Crippen LogP contribution < -0.4 is 5.32 Å². The highest BCUT2D eigenvalue weighted by Gasteiger charge is 2.28. The summed E-state index contributed by atoms with van der Waals surface area (Å²) in [4.78, 5) is 30.0. The van der Waals surface area contributed by atoms with E-state index in [1.807, 2.05) is 38.1 Å². The Morgan fingerprint density at radius 1 is 1.11 bits per heavy atom. The molecule has 9 nitrogen and oxygen atoms in total. The lowest BCUT2D eigenvalue weighted by molar-refractivity contribution is -0.117. The summed E-state index contributed by atoms with van der Waals surface area (Å²) in [7, 11) is 0. The summed E-state index contributed by atoms with van der Waals surface area (Å²) in [6.07, 6.45) is 5.74. The van der Waals surface area contributed by atoms with Crippen molar-refractivity contribution in [1.29, 1.82) is 5.26 Å². The third kappa shape index (κ3) is 4.49. The second-order valence-corrected chi connectivity index (χ2v) is 9.94. The topological polar surface area (TPSA) is 110 Å². The molecule has 1 aromatic carbocycles. The summed E-state index contributed by atoms with van der Waals surface area (Å²) < 4.78 is 2.19. The van der Waals surface area contributed by atoms with Crippen molar-refractivity contribution in [2.45, 2.75) is 52.0 Å². The van der Waals surface area contributed by atoms with Gasteiger partial charge in [0, 0.05) is 43.3 Å². The molecule has 2 fully saturated rings. The average Bonchev–Trinajstić information content (AvgIpc) is 3.43. The molecule has 2 aliphatic rings. The minimum atomic E-state index is -0.126. The van der Waals surface area contributed by atoms with Crippen LogP contribution in [0.15, 0.2) is 24.3 Å². The number of nitrogens with zero attached hydrogens (tertiary/aromatic N) is 5. The van der Waals surface area contributed by atoms with Gasteiger partial charge in [-0.2, -0.15) is 10.4 Å². The van der Waals surface area contributed by atoms with E-state index in [0.29, 0.717) is 49.3 Å². The fraction of sp³-hybridized carbons (Fsp3) is 0.481. The zero-order chi connectivity index (χ0) is 25.2. The lowest BCUT2D eigenvalue weighted by Gasteiger charge is -2.34. The van der Waals surface area contributed by atoms with Crippen molar-refractivity contribution in [1.82, 2.24) is 24.6 Å². The quantitative estimate of drug-likeness (QED) is 0.570. The molecule has 1 aliphatic heterocycles. The van der Waals surface area contributed by atoms with Crippen molar-refractivity contribution in [3.8, 4) is 6.07 Å². The number of amides is 2. The van der Waals surface area contributed by atoms with E-state index in [0.717, 1.165) is 35.0 Å². The van der Waals surface area contributed by atoms with Crippen LogP contribution in [0.25, 0.3) is 10.9 Å². The molecule has 0 atom stereocenters. The van der Waals surface area contributed by atoms with Crippen molar-refractivity contribution in [3.05, 3.63) is 46.8 Å². The number of benzene rings is 1. The molecule has 0 radical (unpaired) electrons. The van der Waals surface area contributed by atoms with Crippen LogP contribution in [-0.2, 0) is 4.79 Å². The Hall–Kier alpha value is -3.64. The molecule has 0 bridgehead atoms. The van der Waals surface area contributed by atoms with E-state index in [2.05, 4.69) is 31.1 Å². The monoisotopic (exact) mass is 487 g/mol. The van der Waals surface area contributed by atoms with Crippen molar-refractivity contribution in [2.75, 3.05) is 38.0 Å². The van der Waals surface area contributed by atoms with Gasteiger partial charge in [-0.15, -0.1) is 0 Å². The number of hydrogen-bond donors (Lipinski definition) is 2. The van der Waals surface area contributed by atoms with Gasteiger partial charge in [-0.1, -0.05) is 37.5 Å². The fourth-order valence-electron chi connectivity index (χ4n) is 5.64. The number of carbonyl (C=O) groups is 2. The van der Waals surface area contributed by atoms with Crippen LogP contribution in [0.1, 0.15) is 65.5 Å². The Morgan fingerprint density at radius 2 is 1.83 bits per heavy atom. The van der Waals surface area contributed by atoms with Crippen LogP contribution in [0.4, 0.5) is 5.82 Å². The highest BCUT2D eigenvalue weighted by atomic mass is 16.2. The highest BCUT2D eigenvalue weighted by Crippen LogP contribution is 2.36. The summed E-state index contributed by atoms with van der Waals surface area (Å²) in [5.41, 5.74) is 3.85. The molecular weight excluding hydrogens is 454 g/mol. The number of nitrogens with one attached hydrogen (secondary N) is 2. The number of fused-ring (bicyclic) bond motifs is 1. The van der Waals surface area contributed by atoms with Gasteiger partial charge in [-0.3, -0.25) is 19.6 Å². The van der Waals surface area contributed by atoms with Gasteiger partial charge < -0.3 is 14.8 Å². The van der Waals surface area contributed by atoms with Gasteiger partial charge in [0.1, 0.15) is 11.9 Å².